The van der Waals surface area contributed by atoms with E-state index in [4.69, 9.17) is 0 Å². The summed E-state index contributed by atoms with van der Waals surface area (Å²) in [6.07, 6.45) is 0. The molecule has 0 aromatic heterocycles. The molecular formula is C36H50O. The summed E-state index contributed by atoms with van der Waals surface area (Å²) in [5.74, 6) is 2.84. The lowest BCUT2D eigenvalue weighted by Crippen LogP contribution is -2.05. The Balaban J connectivity index is 2.42. The monoisotopic (exact) mass is 498 g/mol. The summed E-state index contributed by atoms with van der Waals surface area (Å²) in [4.78, 5) is 0. The third-order valence-corrected chi connectivity index (χ3v) is 7.76. The van der Waals surface area contributed by atoms with Crippen LogP contribution >= 0.6 is 0 Å². The lowest BCUT2D eigenvalue weighted by molar-refractivity contribution is 0.476. The molecule has 37 heavy (non-hydrogen) atoms. The molecule has 0 heterocycles. The smallest absolute Gasteiger partial charge is 0.116 e. The van der Waals surface area contributed by atoms with Gasteiger partial charge in [-0.3, -0.25) is 0 Å². The molecular weight excluding hydrogens is 448 g/mol. The van der Waals surface area contributed by atoms with Crippen LogP contribution < -0.4 is 0 Å². The van der Waals surface area contributed by atoms with Crippen molar-refractivity contribution in [3.8, 4) is 28.0 Å². The second-order valence-corrected chi connectivity index (χ2v) is 12.8. The number of phenolic OH excluding ortho intramolecular Hbond substituents is 1. The Bertz CT molecular complexity index is 1090. The summed E-state index contributed by atoms with van der Waals surface area (Å²) < 4.78 is 0. The van der Waals surface area contributed by atoms with Crippen LogP contribution in [0, 0.1) is 0 Å². The van der Waals surface area contributed by atoms with E-state index in [2.05, 4.69) is 113 Å². The Morgan fingerprint density at radius 3 is 0.865 bits per heavy atom. The van der Waals surface area contributed by atoms with Gasteiger partial charge in [0.2, 0.25) is 0 Å². The van der Waals surface area contributed by atoms with Crippen molar-refractivity contribution in [3.05, 3.63) is 75.8 Å². The Labute approximate surface area is 227 Å². The second kappa shape index (κ2) is 11.5. The van der Waals surface area contributed by atoms with Gasteiger partial charge >= 0.3 is 0 Å². The highest BCUT2D eigenvalue weighted by molar-refractivity contribution is 5.82. The van der Waals surface area contributed by atoms with Gasteiger partial charge < -0.3 is 5.11 Å². The van der Waals surface area contributed by atoms with Crippen LogP contribution in [0.4, 0.5) is 0 Å². The van der Waals surface area contributed by atoms with E-state index >= 15 is 0 Å². The van der Waals surface area contributed by atoms with E-state index in [0.717, 1.165) is 11.1 Å². The van der Waals surface area contributed by atoms with Gasteiger partial charge in [0.25, 0.3) is 0 Å². The Morgan fingerprint density at radius 1 is 0.378 bits per heavy atom. The van der Waals surface area contributed by atoms with Crippen LogP contribution in [0.25, 0.3) is 22.3 Å². The quantitative estimate of drug-likeness (QED) is 0.327. The molecule has 0 unspecified atom stereocenters. The summed E-state index contributed by atoms with van der Waals surface area (Å²) >= 11 is 0. The first kappa shape index (κ1) is 29.0. The highest BCUT2D eigenvalue weighted by Crippen LogP contribution is 2.44. The van der Waals surface area contributed by atoms with E-state index in [1.165, 1.54) is 44.5 Å². The van der Waals surface area contributed by atoms with Crippen molar-refractivity contribution in [2.24, 2.45) is 0 Å². The van der Waals surface area contributed by atoms with E-state index in [-0.39, 0.29) is 0 Å². The normalized spacial score (nSPS) is 12.3. The van der Waals surface area contributed by atoms with Gasteiger partial charge in [0.1, 0.15) is 5.75 Å². The third kappa shape index (κ3) is 6.14. The van der Waals surface area contributed by atoms with Crippen LogP contribution in [0.1, 0.15) is 152 Å². The number of aromatic hydroxyl groups is 1. The molecule has 0 aliphatic carbocycles. The zero-order chi connectivity index (χ0) is 27.8. The summed E-state index contributed by atoms with van der Waals surface area (Å²) in [6.45, 7) is 27.4. The van der Waals surface area contributed by atoms with Crippen molar-refractivity contribution in [3.63, 3.8) is 0 Å². The van der Waals surface area contributed by atoms with E-state index in [0.29, 0.717) is 41.3 Å². The predicted octanol–water partition coefficient (Wildman–Crippen LogP) is 11.5. The molecule has 3 aromatic rings. The van der Waals surface area contributed by atoms with Gasteiger partial charge in [-0.1, -0.05) is 107 Å². The lowest BCUT2D eigenvalue weighted by Gasteiger charge is -2.25. The van der Waals surface area contributed by atoms with Crippen molar-refractivity contribution in [2.75, 3.05) is 0 Å². The molecule has 0 fully saturated rings. The molecule has 0 amide bonds. The number of phenols is 1. The minimum Gasteiger partial charge on any atom is -0.508 e. The van der Waals surface area contributed by atoms with Crippen LogP contribution in [0.3, 0.4) is 0 Å². The number of hydrogen-bond donors (Lipinski definition) is 1. The van der Waals surface area contributed by atoms with E-state index in [9.17, 15) is 5.11 Å². The topological polar surface area (TPSA) is 20.2 Å². The highest BCUT2D eigenvalue weighted by Gasteiger charge is 2.22. The van der Waals surface area contributed by atoms with Crippen LogP contribution in [-0.2, 0) is 0 Å². The third-order valence-electron chi connectivity index (χ3n) is 7.76. The number of hydrogen-bond acceptors (Lipinski definition) is 1. The molecule has 0 bridgehead atoms. The first-order valence-electron chi connectivity index (χ1n) is 14.4. The first-order valence-corrected chi connectivity index (χ1v) is 14.4. The van der Waals surface area contributed by atoms with Gasteiger partial charge in [-0.25, -0.2) is 0 Å². The van der Waals surface area contributed by atoms with Gasteiger partial charge in [0.15, 0.2) is 0 Å². The van der Waals surface area contributed by atoms with Gasteiger partial charge in [-0.15, -0.1) is 0 Å². The minimum atomic E-state index is 0.335. The van der Waals surface area contributed by atoms with E-state index in [1.54, 1.807) is 0 Å². The highest BCUT2D eigenvalue weighted by atomic mass is 16.3. The molecule has 0 saturated carbocycles. The minimum absolute atomic E-state index is 0.335. The maximum atomic E-state index is 11.1. The number of rotatable bonds is 8. The molecule has 0 saturated heterocycles. The fourth-order valence-electron chi connectivity index (χ4n) is 5.48. The molecule has 0 radical (unpaired) electrons. The molecule has 0 spiro atoms. The maximum Gasteiger partial charge on any atom is 0.116 e. The molecule has 0 atom stereocenters. The van der Waals surface area contributed by atoms with Crippen molar-refractivity contribution >= 4 is 0 Å². The standard InChI is InChI=1S/C36H50O/c1-20(2)26-16-31(22(5)6)35(32(17-26)23(7)8)28-13-29(15-30(37)14-28)36-33(24(9)10)18-27(21(3)4)19-34(36)25(11)12/h13-25,37H,1-12H3. The van der Waals surface area contributed by atoms with Crippen LogP contribution in [-0.4, -0.2) is 5.11 Å². The van der Waals surface area contributed by atoms with Crippen molar-refractivity contribution in [2.45, 2.75) is 119 Å². The predicted molar refractivity (Wildman–Crippen MR) is 164 cm³/mol. The molecule has 0 aliphatic rings. The second-order valence-electron chi connectivity index (χ2n) is 12.8. The van der Waals surface area contributed by atoms with Gasteiger partial charge in [0.05, 0.1) is 0 Å². The molecule has 3 aromatic carbocycles. The molecule has 1 heteroatoms. The number of benzene rings is 3. The van der Waals surface area contributed by atoms with Crippen molar-refractivity contribution in [1.82, 2.24) is 0 Å². The Morgan fingerprint density at radius 2 is 0.649 bits per heavy atom. The zero-order valence-electron chi connectivity index (χ0n) is 25.5. The molecule has 200 valence electrons. The first-order chi connectivity index (χ1) is 17.2. The summed E-state index contributed by atoms with van der Waals surface area (Å²) in [5, 5.41) is 11.1. The van der Waals surface area contributed by atoms with Crippen molar-refractivity contribution < 1.29 is 5.11 Å². The molecule has 3 rings (SSSR count). The average molecular weight is 499 g/mol. The van der Waals surface area contributed by atoms with E-state index < -0.39 is 0 Å². The average Bonchev–Trinajstić information content (AvgIpc) is 2.81. The zero-order valence-corrected chi connectivity index (χ0v) is 25.5. The van der Waals surface area contributed by atoms with Crippen LogP contribution in [0.5, 0.6) is 5.75 Å². The van der Waals surface area contributed by atoms with Crippen molar-refractivity contribution in [1.29, 1.82) is 0 Å². The summed E-state index contributed by atoms with van der Waals surface area (Å²) in [6, 6.07) is 15.9. The lowest BCUT2D eigenvalue weighted by atomic mass is 9.79. The maximum absolute atomic E-state index is 11.1. The largest absolute Gasteiger partial charge is 0.508 e. The van der Waals surface area contributed by atoms with Crippen LogP contribution in [0.15, 0.2) is 42.5 Å². The molecule has 1 N–H and O–H groups in total. The fourth-order valence-corrected chi connectivity index (χ4v) is 5.48. The van der Waals surface area contributed by atoms with E-state index in [1.807, 2.05) is 12.1 Å². The molecule has 0 aliphatic heterocycles. The Hall–Kier alpha value is -2.54. The Kier molecular flexibility index (Phi) is 8.99. The summed E-state index contributed by atoms with van der Waals surface area (Å²) in [7, 11) is 0. The fraction of sp³-hybridized carbons (Fsp3) is 0.500. The van der Waals surface area contributed by atoms with Gasteiger partial charge in [-0.2, -0.15) is 0 Å². The SMILES string of the molecule is CC(C)c1cc(C(C)C)c(-c2cc(O)cc(-c3c(C(C)C)cc(C(C)C)cc3C(C)C)c2)c(C(C)C)c1. The summed E-state index contributed by atoms with van der Waals surface area (Å²) in [5.41, 5.74) is 13.1. The van der Waals surface area contributed by atoms with Crippen LogP contribution in [0.2, 0.25) is 0 Å². The molecule has 1 nitrogen and oxygen atoms in total. The van der Waals surface area contributed by atoms with Gasteiger partial charge in [-0.05, 0) is 109 Å². The van der Waals surface area contributed by atoms with Gasteiger partial charge in [0, 0.05) is 0 Å².